The molecule has 1 saturated carbocycles. The molecule has 2 aromatic rings. The van der Waals surface area contributed by atoms with Crippen LogP contribution in [0.1, 0.15) is 37.4 Å². The Kier molecular flexibility index (Phi) is 3.15. The Morgan fingerprint density at radius 3 is 2.67 bits per heavy atom. The normalized spacial score (nSPS) is 17.4. The lowest BCUT2D eigenvalue weighted by Gasteiger charge is -2.27. The highest BCUT2D eigenvalue weighted by atomic mass is 15.3. The van der Waals surface area contributed by atoms with Crippen LogP contribution in [0.3, 0.4) is 0 Å². The van der Waals surface area contributed by atoms with Crippen molar-refractivity contribution in [2.45, 2.75) is 31.7 Å². The van der Waals surface area contributed by atoms with Gasteiger partial charge in [-0.25, -0.2) is 4.68 Å². The zero-order valence-corrected chi connectivity index (χ0v) is 10.5. The lowest BCUT2D eigenvalue weighted by Crippen LogP contribution is -2.20. The summed E-state index contributed by atoms with van der Waals surface area (Å²) >= 11 is 0. The van der Waals surface area contributed by atoms with Crippen LogP contribution in [0.5, 0.6) is 0 Å². The number of hydrogen-bond acceptors (Lipinski definition) is 2. The van der Waals surface area contributed by atoms with Gasteiger partial charge in [0.1, 0.15) is 0 Å². The molecule has 1 aliphatic rings. The minimum atomic E-state index is 0.0836. The maximum atomic E-state index is 6.22. The van der Waals surface area contributed by atoms with E-state index < -0.39 is 0 Å². The van der Waals surface area contributed by atoms with Crippen LogP contribution >= 0.6 is 0 Å². The van der Waals surface area contributed by atoms with Crippen molar-refractivity contribution in [2.75, 3.05) is 0 Å². The molecular formula is C15H19N3. The van der Waals surface area contributed by atoms with Crippen molar-refractivity contribution in [1.82, 2.24) is 9.78 Å². The van der Waals surface area contributed by atoms with Crippen LogP contribution in [0.2, 0.25) is 0 Å². The number of nitrogens with zero attached hydrogens (tertiary/aromatic N) is 2. The molecule has 0 saturated heterocycles. The predicted molar refractivity (Wildman–Crippen MR) is 72.5 cm³/mol. The van der Waals surface area contributed by atoms with Crippen molar-refractivity contribution in [1.29, 1.82) is 0 Å². The highest BCUT2D eigenvalue weighted by Gasteiger charge is 2.22. The van der Waals surface area contributed by atoms with Gasteiger partial charge in [0, 0.05) is 12.2 Å². The van der Waals surface area contributed by atoms with Crippen molar-refractivity contribution in [3.8, 4) is 5.69 Å². The molecule has 1 heterocycles. The second-order valence-corrected chi connectivity index (χ2v) is 5.16. The summed E-state index contributed by atoms with van der Waals surface area (Å²) in [6.45, 7) is 0. The van der Waals surface area contributed by atoms with E-state index >= 15 is 0 Å². The van der Waals surface area contributed by atoms with Crippen LogP contribution in [-0.4, -0.2) is 9.78 Å². The van der Waals surface area contributed by atoms with Crippen LogP contribution < -0.4 is 5.73 Å². The van der Waals surface area contributed by atoms with E-state index in [9.17, 15) is 0 Å². The molecule has 3 nitrogen and oxygen atoms in total. The molecule has 1 fully saturated rings. The Bertz CT molecular complexity index is 499. The van der Waals surface area contributed by atoms with Gasteiger partial charge < -0.3 is 5.73 Å². The summed E-state index contributed by atoms with van der Waals surface area (Å²) < 4.78 is 1.90. The predicted octanol–water partition coefficient (Wildman–Crippen LogP) is 3.06. The monoisotopic (exact) mass is 241 g/mol. The lowest BCUT2D eigenvalue weighted by atomic mass is 9.80. The maximum Gasteiger partial charge on any atom is 0.0796 e. The van der Waals surface area contributed by atoms with Crippen molar-refractivity contribution >= 4 is 0 Å². The topological polar surface area (TPSA) is 43.8 Å². The van der Waals surface area contributed by atoms with Gasteiger partial charge >= 0.3 is 0 Å². The van der Waals surface area contributed by atoms with Crippen LogP contribution in [0.15, 0.2) is 42.6 Å². The smallest absolute Gasteiger partial charge is 0.0796 e. The number of aromatic nitrogens is 2. The molecule has 0 bridgehead atoms. The lowest BCUT2D eigenvalue weighted by molar-refractivity contribution is 0.275. The average Bonchev–Trinajstić information content (AvgIpc) is 2.84. The molecule has 0 aliphatic heterocycles. The first-order valence-electron chi connectivity index (χ1n) is 6.69. The van der Waals surface area contributed by atoms with Gasteiger partial charge in [-0.3, -0.25) is 0 Å². The number of para-hydroxylation sites is 1. The van der Waals surface area contributed by atoms with E-state index in [1.807, 2.05) is 47.3 Å². The van der Waals surface area contributed by atoms with Crippen LogP contribution in [0.25, 0.3) is 5.69 Å². The SMILES string of the molecule is NC(CC1CCC1)c1ccn(-c2ccccc2)n1. The molecule has 3 heteroatoms. The molecule has 1 aliphatic carbocycles. The number of benzene rings is 1. The molecule has 1 aromatic heterocycles. The zero-order chi connectivity index (χ0) is 12.4. The van der Waals surface area contributed by atoms with E-state index in [2.05, 4.69) is 5.10 Å². The van der Waals surface area contributed by atoms with Gasteiger partial charge in [0.15, 0.2) is 0 Å². The van der Waals surface area contributed by atoms with Crippen LogP contribution in [0, 0.1) is 5.92 Å². The molecule has 1 aromatic carbocycles. The summed E-state index contributed by atoms with van der Waals surface area (Å²) in [6.07, 6.45) is 7.12. The molecule has 1 atom stereocenters. The third kappa shape index (κ3) is 2.31. The van der Waals surface area contributed by atoms with E-state index in [1.165, 1.54) is 19.3 Å². The van der Waals surface area contributed by atoms with Gasteiger partial charge in [0.2, 0.25) is 0 Å². The van der Waals surface area contributed by atoms with E-state index in [4.69, 9.17) is 5.73 Å². The van der Waals surface area contributed by atoms with Gasteiger partial charge in [-0.15, -0.1) is 0 Å². The summed E-state index contributed by atoms with van der Waals surface area (Å²) in [7, 11) is 0. The molecule has 3 rings (SSSR count). The minimum absolute atomic E-state index is 0.0836. The van der Waals surface area contributed by atoms with Gasteiger partial charge in [-0.05, 0) is 30.5 Å². The molecule has 0 spiro atoms. The van der Waals surface area contributed by atoms with Crippen molar-refractivity contribution in [2.24, 2.45) is 11.7 Å². The summed E-state index contributed by atoms with van der Waals surface area (Å²) in [4.78, 5) is 0. The Morgan fingerprint density at radius 2 is 2.00 bits per heavy atom. The summed E-state index contributed by atoms with van der Waals surface area (Å²) in [6, 6.07) is 12.3. The number of rotatable bonds is 4. The largest absolute Gasteiger partial charge is 0.323 e. The highest BCUT2D eigenvalue weighted by molar-refractivity contribution is 5.30. The van der Waals surface area contributed by atoms with E-state index in [0.29, 0.717) is 0 Å². The van der Waals surface area contributed by atoms with Crippen LogP contribution in [-0.2, 0) is 0 Å². The minimum Gasteiger partial charge on any atom is -0.323 e. The molecular weight excluding hydrogens is 222 g/mol. The summed E-state index contributed by atoms with van der Waals surface area (Å²) in [5.41, 5.74) is 8.31. The van der Waals surface area contributed by atoms with E-state index in [0.717, 1.165) is 23.7 Å². The fourth-order valence-corrected chi connectivity index (χ4v) is 2.47. The average molecular weight is 241 g/mol. The molecule has 2 N–H and O–H groups in total. The third-order valence-electron chi connectivity index (χ3n) is 3.82. The summed E-state index contributed by atoms with van der Waals surface area (Å²) in [5, 5.41) is 4.58. The van der Waals surface area contributed by atoms with Crippen molar-refractivity contribution in [3.63, 3.8) is 0 Å². The highest BCUT2D eigenvalue weighted by Crippen LogP contribution is 2.33. The maximum absolute atomic E-state index is 6.22. The Morgan fingerprint density at radius 1 is 1.22 bits per heavy atom. The van der Waals surface area contributed by atoms with Crippen molar-refractivity contribution in [3.05, 3.63) is 48.3 Å². The second kappa shape index (κ2) is 4.94. The van der Waals surface area contributed by atoms with Gasteiger partial charge in [0.25, 0.3) is 0 Å². The fourth-order valence-electron chi connectivity index (χ4n) is 2.47. The van der Waals surface area contributed by atoms with Gasteiger partial charge in [0.05, 0.1) is 11.4 Å². The fraction of sp³-hybridized carbons (Fsp3) is 0.400. The van der Waals surface area contributed by atoms with Crippen molar-refractivity contribution < 1.29 is 0 Å². The Labute approximate surface area is 108 Å². The standard InChI is InChI=1S/C15H19N3/c16-14(11-12-5-4-6-12)15-9-10-18(17-15)13-7-2-1-3-8-13/h1-3,7-10,12,14H,4-6,11,16H2. The molecule has 18 heavy (non-hydrogen) atoms. The molecule has 0 radical (unpaired) electrons. The van der Waals surface area contributed by atoms with Gasteiger partial charge in [-0.2, -0.15) is 5.10 Å². The number of hydrogen-bond donors (Lipinski definition) is 1. The quantitative estimate of drug-likeness (QED) is 0.894. The Hall–Kier alpha value is -1.61. The van der Waals surface area contributed by atoms with Gasteiger partial charge in [-0.1, -0.05) is 37.5 Å². The van der Waals surface area contributed by atoms with E-state index in [-0.39, 0.29) is 6.04 Å². The first kappa shape index (κ1) is 11.5. The summed E-state index contributed by atoms with van der Waals surface area (Å²) in [5.74, 6) is 0.821. The van der Waals surface area contributed by atoms with E-state index in [1.54, 1.807) is 0 Å². The Balaban J connectivity index is 1.72. The first-order valence-corrected chi connectivity index (χ1v) is 6.69. The molecule has 0 amide bonds. The van der Waals surface area contributed by atoms with Crippen LogP contribution in [0.4, 0.5) is 0 Å². The zero-order valence-electron chi connectivity index (χ0n) is 10.5. The number of nitrogens with two attached hydrogens (primary N) is 1. The first-order chi connectivity index (χ1) is 8.83. The second-order valence-electron chi connectivity index (χ2n) is 5.16. The molecule has 94 valence electrons. The molecule has 1 unspecified atom stereocenters. The third-order valence-corrected chi connectivity index (χ3v) is 3.82.